The van der Waals surface area contributed by atoms with Crippen molar-refractivity contribution in [3.63, 3.8) is 0 Å². The third-order valence-corrected chi connectivity index (χ3v) is 10.3. The van der Waals surface area contributed by atoms with Gasteiger partial charge in [-0.3, -0.25) is 4.79 Å². The van der Waals surface area contributed by atoms with Crippen LogP contribution in [-0.4, -0.2) is 52.8 Å². The average molecular weight is 673 g/mol. The number of aliphatic carboxylic acids is 1. The molecule has 1 aliphatic rings. The van der Waals surface area contributed by atoms with E-state index in [9.17, 15) is 40.3 Å². The second-order valence-electron chi connectivity index (χ2n) is 11.8. The number of carbonyl (C=O) groups is 1. The Labute approximate surface area is 258 Å². The number of thiazole rings is 1. The summed E-state index contributed by atoms with van der Waals surface area (Å²) in [5.74, 6) is -4.15. The SMILES string of the molecule is CCC(NS(=O)(=O)c1ccc(-c2sc(-c3nnc(CC(C)(C)C(=O)O)o3)nc2CC2CC(F)(F)C2)c2ccccc12)C(F)(F)F. The van der Waals surface area contributed by atoms with E-state index in [1.807, 2.05) is 0 Å². The molecule has 0 bridgehead atoms. The lowest BCUT2D eigenvalue weighted by atomic mass is 9.78. The maximum atomic E-state index is 13.7. The van der Waals surface area contributed by atoms with Crippen LogP contribution in [0.4, 0.5) is 22.0 Å². The smallest absolute Gasteiger partial charge is 0.404 e. The van der Waals surface area contributed by atoms with Crippen molar-refractivity contribution in [1.82, 2.24) is 19.9 Å². The lowest BCUT2D eigenvalue weighted by Crippen LogP contribution is -2.44. The highest BCUT2D eigenvalue weighted by Crippen LogP contribution is 2.47. The Morgan fingerprint density at radius 1 is 1.13 bits per heavy atom. The maximum absolute atomic E-state index is 13.7. The third-order valence-electron chi connectivity index (χ3n) is 7.69. The summed E-state index contributed by atoms with van der Waals surface area (Å²) in [4.78, 5) is 16.3. The Morgan fingerprint density at radius 2 is 1.80 bits per heavy atom. The van der Waals surface area contributed by atoms with Gasteiger partial charge in [-0.2, -0.15) is 17.9 Å². The second kappa shape index (κ2) is 11.7. The number of hydrogen-bond donors (Lipinski definition) is 2. The standard InChI is InChI=1S/C29H29F5N4O5S2/c1-4-21(29(32,33)34)38-45(41,42)20-10-9-18(16-7-5-6-8-17(16)20)23-19(11-15-12-28(30,31)13-15)35-25(44-23)24-37-36-22(43-24)14-27(2,3)26(39)40/h5-10,15,21,38H,4,11-14H2,1-3H3,(H,39,40). The van der Waals surface area contributed by atoms with Crippen LogP contribution in [0, 0.1) is 11.3 Å². The lowest BCUT2D eigenvalue weighted by molar-refractivity contribution is -0.151. The summed E-state index contributed by atoms with van der Waals surface area (Å²) in [6.45, 7) is 4.23. The van der Waals surface area contributed by atoms with Crippen molar-refractivity contribution in [2.45, 2.75) is 75.9 Å². The minimum atomic E-state index is -4.79. The molecule has 0 amide bonds. The lowest BCUT2D eigenvalue weighted by Gasteiger charge is -2.34. The van der Waals surface area contributed by atoms with Crippen LogP contribution in [0.3, 0.4) is 0 Å². The Morgan fingerprint density at radius 3 is 2.40 bits per heavy atom. The molecule has 1 fully saturated rings. The Bertz CT molecular complexity index is 1840. The van der Waals surface area contributed by atoms with Gasteiger partial charge in [0.2, 0.25) is 21.8 Å². The molecule has 2 heterocycles. The van der Waals surface area contributed by atoms with Gasteiger partial charge in [-0.15, -0.1) is 21.5 Å². The normalized spacial score (nSPS) is 16.5. The van der Waals surface area contributed by atoms with Gasteiger partial charge in [0.1, 0.15) is 6.04 Å². The number of halogens is 5. The van der Waals surface area contributed by atoms with Crippen LogP contribution in [0.5, 0.6) is 0 Å². The summed E-state index contributed by atoms with van der Waals surface area (Å²) in [6.07, 6.45) is -5.82. The van der Waals surface area contributed by atoms with E-state index in [0.29, 0.717) is 21.5 Å². The van der Waals surface area contributed by atoms with Crippen LogP contribution in [0.15, 0.2) is 45.7 Å². The van der Waals surface area contributed by atoms with E-state index in [-0.39, 0.29) is 58.7 Å². The first-order valence-electron chi connectivity index (χ1n) is 13.9. The van der Waals surface area contributed by atoms with Crippen molar-refractivity contribution < 1.29 is 44.7 Å². The van der Waals surface area contributed by atoms with Crippen molar-refractivity contribution in [3.05, 3.63) is 48.0 Å². The molecule has 1 saturated carbocycles. The fourth-order valence-corrected chi connectivity index (χ4v) is 7.77. The zero-order valence-electron chi connectivity index (χ0n) is 24.3. The van der Waals surface area contributed by atoms with Gasteiger partial charge in [0.05, 0.1) is 20.9 Å². The number of hydrogen-bond acceptors (Lipinski definition) is 8. The molecular formula is C29H29F5N4O5S2. The zero-order valence-corrected chi connectivity index (χ0v) is 25.9. The Hall–Kier alpha value is -3.50. The molecule has 4 aromatic rings. The number of alkyl halides is 5. The van der Waals surface area contributed by atoms with E-state index in [0.717, 1.165) is 11.3 Å². The molecule has 2 aromatic heterocycles. The quantitative estimate of drug-likeness (QED) is 0.165. The van der Waals surface area contributed by atoms with Gasteiger partial charge in [-0.05, 0) is 44.1 Å². The minimum absolute atomic E-state index is 0.00640. The molecule has 0 spiro atoms. The van der Waals surface area contributed by atoms with Gasteiger partial charge in [-0.25, -0.2) is 22.2 Å². The molecule has 0 saturated heterocycles. The number of fused-ring (bicyclic) bond motifs is 1. The van der Waals surface area contributed by atoms with E-state index in [4.69, 9.17) is 4.42 Å². The van der Waals surface area contributed by atoms with Crippen molar-refractivity contribution in [3.8, 4) is 21.3 Å². The monoisotopic (exact) mass is 672 g/mol. The molecule has 1 unspecified atom stereocenters. The first kappa shape index (κ1) is 32.9. The van der Waals surface area contributed by atoms with Gasteiger partial charge < -0.3 is 9.52 Å². The summed E-state index contributed by atoms with van der Waals surface area (Å²) in [6, 6.07) is 6.67. The fourth-order valence-electron chi connectivity index (χ4n) is 5.20. The number of carboxylic acids is 1. The molecule has 1 atom stereocenters. The number of carboxylic acid groups (broad SMARTS) is 1. The van der Waals surface area contributed by atoms with Crippen molar-refractivity contribution in [1.29, 1.82) is 0 Å². The van der Waals surface area contributed by atoms with Crippen molar-refractivity contribution in [2.24, 2.45) is 11.3 Å². The molecule has 0 radical (unpaired) electrons. The predicted octanol–water partition coefficient (Wildman–Crippen LogP) is 6.87. The van der Waals surface area contributed by atoms with Crippen LogP contribution < -0.4 is 4.72 Å². The Balaban J connectivity index is 1.58. The Kier molecular flexibility index (Phi) is 8.55. The van der Waals surface area contributed by atoms with Crippen LogP contribution in [-0.2, 0) is 27.7 Å². The summed E-state index contributed by atoms with van der Waals surface area (Å²) >= 11 is 1.10. The van der Waals surface area contributed by atoms with Crippen molar-refractivity contribution >= 4 is 38.1 Å². The molecule has 45 heavy (non-hydrogen) atoms. The van der Waals surface area contributed by atoms with Crippen LogP contribution in [0.1, 0.15) is 51.6 Å². The molecule has 1 aliphatic carbocycles. The third kappa shape index (κ3) is 6.87. The van der Waals surface area contributed by atoms with Gasteiger partial charge in [-0.1, -0.05) is 37.3 Å². The molecule has 16 heteroatoms. The molecular weight excluding hydrogens is 643 g/mol. The number of sulfonamides is 1. The molecule has 5 rings (SSSR count). The largest absolute Gasteiger partial charge is 0.481 e. The first-order valence-corrected chi connectivity index (χ1v) is 16.2. The summed E-state index contributed by atoms with van der Waals surface area (Å²) in [5.41, 5.74) is -0.266. The second-order valence-corrected chi connectivity index (χ2v) is 14.5. The highest BCUT2D eigenvalue weighted by molar-refractivity contribution is 7.89. The molecule has 0 aliphatic heterocycles. The number of benzene rings is 2. The highest BCUT2D eigenvalue weighted by Gasteiger charge is 2.46. The van der Waals surface area contributed by atoms with Crippen LogP contribution in [0.25, 0.3) is 32.1 Å². The molecule has 2 aromatic carbocycles. The van der Waals surface area contributed by atoms with E-state index < -0.39 is 46.0 Å². The van der Waals surface area contributed by atoms with E-state index >= 15 is 0 Å². The average Bonchev–Trinajstić information content (AvgIpc) is 3.56. The van der Waals surface area contributed by atoms with E-state index in [1.54, 1.807) is 22.9 Å². The van der Waals surface area contributed by atoms with E-state index in [2.05, 4.69) is 15.2 Å². The van der Waals surface area contributed by atoms with Crippen molar-refractivity contribution in [2.75, 3.05) is 0 Å². The number of nitrogens with zero attached hydrogens (tertiary/aromatic N) is 3. The highest BCUT2D eigenvalue weighted by atomic mass is 32.2. The number of rotatable bonds is 11. The minimum Gasteiger partial charge on any atom is -0.481 e. The summed E-state index contributed by atoms with van der Waals surface area (Å²) < 4.78 is 102. The number of nitrogens with one attached hydrogen (secondary N) is 1. The van der Waals surface area contributed by atoms with E-state index in [1.165, 1.54) is 39.0 Å². The van der Waals surface area contributed by atoms with Crippen LogP contribution >= 0.6 is 11.3 Å². The van der Waals surface area contributed by atoms with Crippen LogP contribution in [0.2, 0.25) is 0 Å². The van der Waals surface area contributed by atoms with Gasteiger partial charge >= 0.3 is 12.1 Å². The first-order chi connectivity index (χ1) is 20.9. The van der Waals surface area contributed by atoms with Gasteiger partial charge in [0, 0.05) is 30.2 Å². The number of aromatic nitrogens is 3. The molecule has 2 N–H and O–H groups in total. The van der Waals surface area contributed by atoms with Gasteiger partial charge in [0.25, 0.3) is 5.89 Å². The predicted molar refractivity (Wildman–Crippen MR) is 155 cm³/mol. The van der Waals surface area contributed by atoms with Gasteiger partial charge in [0.15, 0.2) is 5.01 Å². The maximum Gasteiger partial charge on any atom is 0.404 e. The summed E-state index contributed by atoms with van der Waals surface area (Å²) in [5, 5.41) is 18.2. The molecule has 9 nitrogen and oxygen atoms in total. The summed E-state index contributed by atoms with van der Waals surface area (Å²) in [7, 11) is -4.61. The zero-order chi connectivity index (χ0) is 32.9. The molecule has 242 valence electrons. The fraction of sp³-hybridized carbons (Fsp3) is 0.448. The topological polar surface area (TPSA) is 135 Å².